The Morgan fingerprint density at radius 2 is 1.75 bits per heavy atom. The molecule has 1 fully saturated rings. The fourth-order valence-electron chi connectivity index (χ4n) is 3.11. The number of hydrogen-bond donors (Lipinski definition) is 1. The minimum Gasteiger partial charge on any atom is -0.368 e. The third kappa shape index (κ3) is 4.46. The molecule has 1 aliphatic rings. The average molecular weight is 382 g/mol. The van der Waals surface area contributed by atoms with Crippen molar-refractivity contribution in [1.29, 1.82) is 0 Å². The number of non-ortho nitro benzene ring substituents is 1. The smallest absolute Gasteiger partial charge is 0.269 e. The number of carbonyl (C=O) groups is 2. The molecule has 0 aromatic heterocycles. The number of hydrogen-bond acceptors (Lipinski definition) is 5. The van der Waals surface area contributed by atoms with Crippen LogP contribution in [0.5, 0.6) is 0 Å². The molecule has 0 atom stereocenters. The first-order valence-electron chi connectivity index (χ1n) is 9.16. The Morgan fingerprint density at radius 3 is 2.36 bits per heavy atom. The molecule has 3 rings (SSSR count). The number of nitrogens with zero attached hydrogens (tertiary/aromatic N) is 3. The summed E-state index contributed by atoms with van der Waals surface area (Å²) in [5.74, 6) is -0.169. The lowest BCUT2D eigenvalue weighted by molar-refractivity contribution is -0.384. The van der Waals surface area contributed by atoms with E-state index in [1.165, 1.54) is 12.1 Å². The second-order valence-corrected chi connectivity index (χ2v) is 6.54. The van der Waals surface area contributed by atoms with E-state index in [2.05, 4.69) is 10.2 Å². The van der Waals surface area contributed by atoms with Gasteiger partial charge in [-0.15, -0.1) is 0 Å². The fourth-order valence-corrected chi connectivity index (χ4v) is 3.11. The molecule has 0 aliphatic carbocycles. The molecule has 1 aliphatic heterocycles. The van der Waals surface area contributed by atoms with Gasteiger partial charge in [0.25, 0.3) is 11.6 Å². The molecule has 2 aromatic carbocycles. The van der Waals surface area contributed by atoms with E-state index in [0.717, 1.165) is 5.69 Å². The predicted molar refractivity (Wildman–Crippen MR) is 107 cm³/mol. The summed E-state index contributed by atoms with van der Waals surface area (Å²) in [6.45, 7) is 4.18. The second kappa shape index (κ2) is 8.51. The van der Waals surface area contributed by atoms with Gasteiger partial charge in [0.1, 0.15) is 0 Å². The topological polar surface area (TPSA) is 95.8 Å². The maximum Gasteiger partial charge on any atom is 0.269 e. The zero-order valence-corrected chi connectivity index (χ0v) is 15.6. The van der Waals surface area contributed by atoms with Crippen LogP contribution >= 0.6 is 0 Å². The van der Waals surface area contributed by atoms with Crippen molar-refractivity contribution < 1.29 is 14.5 Å². The number of piperazine rings is 1. The molecule has 1 N–H and O–H groups in total. The van der Waals surface area contributed by atoms with E-state index in [1.807, 2.05) is 0 Å². The highest BCUT2D eigenvalue weighted by Crippen LogP contribution is 2.21. The number of nitro groups is 1. The van der Waals surface area contributed by atoms with E-state index < -0.39 is 4.92 Å². The summed E-state index contributed by atoms with van der Waals surface area (Å²) in [5.41, 5.74) is 2.12. The van der Waals surface area contributed by atoms with Gasteiger partial charge in [0, 0.05) is 61.7 Å². The Kier molecular flexibility index (Phi) is 5.88. The Bertz CT molecular complexity index is 874. The summed E-state index contributed by atoms with van der Waals surface area (Å²) in [6, 6.07) is 13.4. The van der Waals surface area contributed by atoms with E-state index in [-0.39, 0.29) is 17.5 Å². The van der Waals surface area contributed by atoms with Crippen LogP contribution in [0.2, 0.25) is 0 Å². The van der Waals surface area contributed by atoms with Crippen LogP contribution in [-0.4, -0.2) is 47.8 Å². The van der Waals surface area contributed by atoms with Gasteiger partial charge >= 0.3 is 0 Å². The number of carbonyl (C=O) groups excluding carboxylic acids is 2. The molecule has 1 saturated heterocycles. The Hall–Kier alpha value is -3.42. The first-order valence-corrected chi connectivity index (χ1v) is 9.16. The molecule has 8 nitrogen and oxygen atoms in total. The molecule has 2 amide bonds. The Labute approximate surface area is 162 Å². The average Bonchev–Trinajstić information content (AvgIpc) is 2.73. The van der Waals surface area contributed by atoms with Crippen LogP contribution in [0.4, 0.5) is 17.1 Å². The number of nitrogens with one attached hydrogen (secondary N) is 1. The Balaban J connectivity index is 1.61. The summed E-state index contributed by atoms with van der Waals surface area (Å²) in [5, 5.41) is 13.5. The molecule has 146 valence electrons. The van der Waals surface area contributed by atoms with Crippen molar-refractivity contribution in [3.05, 3.63) is 64.2 Å². The molecule has 0 unspecified atom stereocenters. The van der Waals surface area contributed by atoms with Gasteiger partial charge in [0.15, 0.2) is 0 Å². The minimum absolute atomic E-state index is 0.0626. The van der Waals surface area contributed by atoms with Crippen molar-refractivity contribution in [2.45, 2.75) is 13.3 Å². The number of nitro benzene ring substituents is 1. The van der Waals surface area contributed by atoms with Crippen molar-refractivity contribution >= 4 is 28.9 Å². The molecular weight excluding hydrogens is 360 g/mol. The maximum atomic E-state index is 12.8. The molecule has 28 heavy (non-hydrogen) atoms. The quantitative estimate of drug-likeness (QED) is 0.634. The zero-order valence-electron chi connectivity index (χ0n) is 15.6. The Morgan fingerprint density at radius 1 is 1.07 bits per heavy atom. The van der Waals surface area contributed by atoms with Gasteiger partial charge in [-0.2, -0.15) is 0 Å². The predicted octanol–water partition coefficient (Wildman–Crippen LogP) is 2.91. The largest absolute Gasteiger partial charge is 0.368 e. The van der Waals surface area contributed by atoms with E-state index in [1.54, 1.807) is 48.2 Å². The summed E-state index contributed by atoms with van der Waals surface area (Å²) in [7, 11) is 0. The van der Waals surface area contributed by atoms with Gasteiger partial charge in [-0.3, -0.25) is 19.7 Å². The fraction of sp³-hybridized carbons (Fsp3) is 0.300. The summed E-state index contributed by atoms with van der Waals surface area (Å²) in [4.78, 5) is 38.6. The van der Waals surface area contributed by atoms with Crippen LogP contribution in [-0.2, 0) is 4.79 Å². The van der Waals surface area contributed by atoms with Gasteiger partial charge in [-0.25, -0.2) is 0 Å². The molecule has 0 radical (unpaired) electrons. The minimum atomic E-state index is -0.419. The van der Waals surface area contributed by atoms with Crippen LogP contribution in [0.1, 0.15) is 23.7 Å². The van der Waals surface area contributed by atoms with E-state index in [9.17, 15) is 19.7 Å². The van der Waals surface area contributed by atoms with Gasteiger partial charge in [0.05, 0.1) is 4.92 Å². The van der Waals surface area contributed by atoms with Crippen molar-refractivity contribution in [3.63, 3.8) is 0 Å². The highest BCUT2D eigenvalue weighted by molar-refractivity contribution is 5.97. The standard InChI is InChI=1S/C20H22N4O4/c1-2-19(25)21-16-5-3-4-15(14-16)20(26)23-12-10-22(11-13-23)17-6-8-18(9-7-17)24(27)28/h3-9,14H,2,10-13H2,1H3,(H,21,25). The zero-order chi connectivity index (χ0) is 20.1. The van der Waals surface area contributed by atoms with Crippen LogP contribution in [0.15, 0.2) is 48.5 Å². The number of anilines is 2. The molecule has 1 heterocycles. The highest BCUT2D eigenvalue weighted by atomic mass is 16.6. The lowest BCUT2D eigenvalue weighted by Gasteiger charge is -2.36. The highest BCUT2D eigenvalue weighted by Gasteiger charge is 2.23. The van der Waals surface area contributed by atoms with Crippen molar-refractivity contribution in [2.75, 3.05) is 36.4 Å². The molecule has 0 saturated carbocycles. The number of benzene rings is 2. The van der Waals surface area contributed by atoms with Gasteiger partial charge in [-0.1, -0.05) is 13.0 Å². The van der Waals surface area contributed by atoms with Crippen molar-refractivity contribution in [1.82, 2.24) is 4.90 Å². The normalized spacial score (nSPS) is 13.9. The van der Waals surface area contributed by atoms with Crippen LogP contribution in [0, 0.1) is 10.1 Å². The SMILES string of the molecule is CCC(=O)Nc1cccc(C(=O)N2CCN(c3ccc([N+](=O)[O-])cc3)CC2)c1. The van der Waals surface area contributed by atoms with Crippen LogP contribution in [0.3, 0.4) is 0 Å². The van der Waals surface area contributed by atoms with E-state index >= 15 is 0 Å². The lowest BCUT2D eigenvalue weighted by Crippen LogP contribution is -2.48. The molecular formula is C20H22N4O4. The first-order chi connectivity index (χ1) is 13.5. The summed E-state index contributed by atoms with van der Waals surface area (Å²) < 4.78 is 0. The van der Waals surface area contributed by atoms with E-state index in [4.69, 9.17) is 0 Å². The van der Waals surface area contributed by atoms with Crippen molar-refractivity contribution in [3.8, 4) is 0 Å². The van der Waals surface area contributed by atoms with Gasteiger partial charge in [-0.05, 0) is 30.3 Å². The third-order valence-corrected chi connectivity index (χ3v) is 4.71. The summed E-state index contributed by atoms with van der Waals surface area (Å²) >= 11 is 0. The molecule has 0 spiro atoms. The number of amides is 2. The molecule has 8 heteroatoms. The molecule has 0 bridgehead atoms. The van der Waals surface area contributed by atoms with Gasteiger partial charge < -0.3 is 15.1 Å². The maximum absolute atomic E-state index is 12.8. The van der Waals surface area contributed by atoms with Crippen LogP contribution in [0.25, 0.3) is 0 Å². The summed E-state index contributed by atoms with van der Waals surface area (Å²) in [6.07, 6.45) is 0.378. The third-order valence-electron chi connectivity index (χ3n) is 4.71. The van der Waals surface area contributed by atoms with Crippen molar-refractivity contribution in [2.24, 2.45) is 0 Å². The molecule has 2 aromatic rings. The number of rotatable bonds is 5. The van der Waals surface area contributed by atoms with Crippen LogP contribution < -0.4 is 10.2 Å². The van der Waals surface area contributed by atoms with E-state index in [0.29, 0.717) is 43.9 Å². The lowest BCUT2D eigenvalue weighted by atomic mass is 10.1. The monoisotopic (exact) mass is 382 g/mol. The first kappa shape index (κ1) is 19.3. The second-order valence-electron chi connectivity index (χ2n) is 6.54. The van der Waals surface area contributed by atoms with Gasteiger partial charge in [0.2, 0.25) is 5.91 Å².